The van der Waals surface area contributed by atoms with Gasteiger partial charge in [0.15, 0.2) is 0 Å². The van der Waals surface area contributed by atoms with Gasteiger partial charge in [0.25, 0.3) is 11.8 Å². The van der Waals surface area contributed by atoms with Gasteiger partial charge in [-0.2, -0.15) is 0 Å². The summed E-state index contributed by atoms with van der Waals surface area (Å²) >= 11 is 6.16. The maximum absolute atomic E-state index is 12.7. The molecule has 1 aliphatic rings. The van der Waals surface area contributed by atoms with Crippen LogP contribution in [0.5, 0.6) is 17.2 Å². The van der Waals surface area contributed by atoms with Gasteiger partial charge in [-0.05, 0) is 66.8 Å². The van der Waals surface area contributed by atoms with Gasteiger partial charge >= 0.3 is 0 Å². The van der Waals surface area contributed by atoms with Gasteiger partial charge in [0.1, 0.15) is 22.9 Å². The molecule has 0 bridgehead atoms. The molecule has 3 aromatic rings. The second-order valence-corrected chi connectivity index (χ2v) is 8.16. The van der Waals surface area contributed by atoms with Crippen LogP contribution in [0, 0.1) is 0 Å². The van der Waals surface area contributed by atoms with Crippen LogP contribution in [0.25, 0.3) is 0 Å². The first-order chi connectivity index (χ1) is 16.0. The van der Waals surface area contributed by atoms with E-state index in [0.717, 1.165) is 18.4 Å². The van der Waals surface area contributed by atoms with E-state index in [0.29, 0.717) is 34.3 Å². The second-order valence-electron chi connectivity index (χ2n) is 7.75. The minimum absolute atomic E-state index is 0.00176. The number of benzene rings is 2. The Labute approximate surface area is 197 Å². The summed E-state index contributed by atoms with van der Waals surface area (Å²) in [4.78, 5) is 28.6. The SMILES string of the molecule is CNC(=O)c1cc(Oc2ccc3c(c2)CC(NC(=O)c2ccc(OC)c(Cl)c2)CC3)ccn1. The predicted octanol–water partition coefficient (Wildman–Crippen LogP) is 4.18. The molecule has 2 amide bonds. The monoisotopic (exact) mass is 465 g/mol. The number of rotatable bonds is 6. The molecule has 2 N–H and O–H groups in total. The molecule has 1 heterocycles. The van der Waals surface area contributed by atoms with Gasteiger partial charge in [-0.3, -0.25) is 14.6 Å². The van der Waals surface area contributed by atoms with Crippen LogP contribution in [0.15, 0.2) is 54.7 Å². The lowest BCUT2D eigenvalue weighted by Gasteiger charge is -2.26. The highest BCUT2D eigenvalue weighted by Crippen LogP contribution is 2.29. The van der Waals surface area contributed by atoms with Crippen molar-refractivity contribution in [1.82, 2.24) is 15.6 Å². The average Bonchev–Trinajstić information content (AvgIpc) is 2.83. The molecule has 7 nitrogen and oxygen atoms in total. The molecule has 2 aromatic carbocycles. The minimum Gasteiger partial charge on any atom is -0.495 e. The first kappa shape index (κ1) is 22.6. The van der Waals surface area contributed by atoms with E-state index in [1.165, 1.54) is 18.9 Å². The van der Waals surface area contributed by atoms with Crippen LogP contribution in [-0.2, 0) is 12.8 Å². The molecular formula is C25H24ClN3O4. The lowest BCUT2D eigenvalue weighted by molar-refractivity contribution is 0.0931. The zero-order chi connectivity index (χ0) is 23.4. The third kappa shape index (κ3) is 5.26. The van der Waals surface area contributed by atoms with E-state index < -0.39 is 0 Å². The number of carbonyl (C=O) groups is 2. The van der Waals surface area contributed by atoms with Crippen LogP contribution in [0.4, 0.5) is 0 Å². The molecule has 0 radical (unpaired) electrons. The summed E-state index contributed by atoms with van der Waals surface area (Å²) in [6, 6.07) is 14.2. The Balaban J connectivity index is 1.44. The molecule has 1 aromatic heterocycles. The number of aryl methyl sites for hydroxylation is 1. The maximum atomic E-state index is 12.7. The summed E-state index contributed by atoms with van der Waals surface area (Å²) < 4.78 is 11.1. The number of hydrogen-bond donors (Lipinski definition) is 2. The standard InChI is InChI=1S/C25H24ClN3O4/c1-27-25(31)22-14-20(9-10-28-22)33-19-7-4-15-3-6-18(11-17(15)12-19)29-24(30)16-5-8-23(32-2)21(26)13-16/h4-5,7-10,12-14,18H,3,6,11H2,1-2H3,(H,27,31)(H,29,30). The van der Waals surface area contributed by atoms with Gasteiger partial charge < -0.3 is 20.1 Å². The molecule has 1 aliphatic carbocycles. The third-order valence-electron chi connectivity index (χ3n) is 5.58. The zero-order valence-electron chi connectivity index (χ0n) is 18.4. The molecule has 170 valence electrons. The molecule has 0 aliphatic heterocycles. The fourth-order valence-electron chi connectivity index (χ4n) is 3.86. The Kier molecular flexibility index (Phi) is 6.79. The predicted molar refractivity (Wildman–Crippen MR) is 125 cm³/mol. The quantitative estimate of drug-likeness (QED) is 0.570. The van der Waals surface area contributed by atoms with Crippen LogP contribution >= 0.6 is 11.6 Å². The van der Waals surface area contributed by atoms with E-state index in [1.807, 2.05) is 18.2 Å². The van der Waals surface area contributed by atoms with Crippen molar-refractivity contribution in [2.45, 2.75) is 25.3 Å². The lowest BCUT2D eigenvalue weighted by Crippen LogP contribution is -2.38. The van der Waals surface area contributed by atoms with Crippen LogP contribution in [0.1, 0.15) is 38.4 Å². The van der Waals surface area contributed by atoms with E-state index in [4.69, 9.17) is 21.1 Å². The molecule has 1 unspecified atom stereocenters. The summed E-state index contributed by atoms with van der Waals surface area (Å²) in [7, 11) is 3.09. The molecule has 0 saturated heterocycles. The number of carbonyl (C=O) groups excluding carboxylic acids is 2. The highest BCUT2D eigenvalue weighted by molar-refractivity contribution is 6.32. The summed E-state index contributed by atoms with van der Waals surface area (Å²) in [5.41, 5.74) is 3.14. The van der Waals surface area contributed by atoms with Gasteiger partial charge in [-0.15, -0.1) is 0 Å². The lowest BCUT2D eigenvalue weighted by atomic mass is 9.88. The highest BCUT2D eigenvalue weighted by Gasteiger charge is 2.22. The Morgan fingerprint density at radius 3 is 2.61 bits per heavy atom. The number of nitrogens with zero attached hydrogens (tertiary/aromatic N) is 1. The van der Waals surface area contributed by atoms with Crippen LogP contribution in [0.3, 0.4) is 0 Å². The average molecular weight is 466 g/mol. The number of hydrogen-bond acceptors (Lipinski definition) is 5. The number of halogens is 1. The van der Waals surface area contributed by atoms with E-state index in [9.17, 15) is 9.59 Å². The van der Waals surface area contributed by atoms with Crippen LogP contribution < -0.4 is 20.1 Å². The molecule has 0 spiro atoms. The summed E-state index contributed by atoms with van der Waals surface area (Å²) in [5, 5.41) is 6.05. The third-order valence-corrected chi connectivity index (χ3v) is 5.88. The number of ether oxygens (including phenoxy) is 2. The minimum atomic E-state index is -0.275. The van der Waals surface area contributed by atoms with Crippen LogP contribution in [0.2, 0.25) is 5.02 Å². The smallest absolute Gasteiger partial charge is 0.269 e. The van der Waals surface area contributed by atoms with Gasteiger partial charge in [0, 0.05) is 30.9 Å². The largest absolute Gasteiger partial charge is 0.495 e. The van der Waals surface area contributed by atoms with Crippen molar-refractivity contribution < 1.29 is 19.1 Å². The summed E-state index contributed by atoms with van der Waals surface area (Å²) in [6.07, 6.45) is 3.94. The van der Waals surface area contributed by atoms with Crippen molar-refractivity contribution in [1.29, 1.82) is 0 Å². The zero-order valence-corrected chi connectivity index (χ0v) is 19.1. The fraction of sp³-hybridized carbons (Fsp3) is 0.240. The van der Waals surface area contributed by atoms with E-state index in [-0.39, 0.29) is 23.6 Å². The van der Waals surface area contributed by atoms with E-state index in [2.05, 4.69) is 15.6 Å². The Bertz CT molecular complexity index is 1200. The van der Waals surface area contributed by atoms with Crippen molar-refractivity contribution in [3.05, 3.63) is 82.1 Å². The topological polar surface area (TPSA) is 89.6 Å². The van der Waals surface area contributed by atoms with E-state index in [1.54, 1.807) is 37.4 Å². The second kappa shape index (κ2) is 9.92. The molecule has 4 rings (SSSR count). The number of fused-ring (bicyclic) bond motifs is 1. The van der Waals surface area contributed by atoms with Crippen molar-refractivity contribution >= 4 is 23.4 Å². The van der Waals surface area contributed by atoms with Crippen molar-refractivity contribution in [3.8, 4) is 17.2 Å². The van der Waals surface area contributed by atoms with Gasteiger partial charge in [0.2, 0.25) is 0 Å². The molecule has 1 atom stereocenters. The number of pyridine rings is 1. The Morgan fingerprint density at radius 2 is 1.85 bits per heavy atom. The van der Waals surface area contributed by atoms with Gasteiger partial charge in [-0.1, -0.05) is 17.7 Å². The normalized spacial score (nSPS) is 14.7. The molecule has 8 heteroatoms. The number of amides is 2. The Morgan fingerprint density at radius 1 is 1.03 bits per heavy atom. The number of nitrogens with one attached hydrogen (secondary N) is 2. The van der Waals surface area contributed by atoms with E-state index >= 15 is 0 Å². The van der Waals surface area contributed by atoms with Gasteiger partial charge in [-0.25, -0.2) is 0 Å². The molecule has 0 saturated carbocycles. The summed E-state index contributed by atoms with van der Waals surface area (Å²) in [5.74, 6) is 1.28. The summed E-state index contributed by atoms with van der Waals surface area (Å²) in [6.45, 7) is 0. The maximum Gasteiger partial charge on any atom is 0.269 e. The fourth-order valence-corrected chi connectivity index (χ4v) is 4.12. The number of aromatic nitrogens is 1. The van der Waals surface area contributed by atoms with Crippen LogP contribution in [-0.4, -0.2) is 37.0 Å². The molecule has 33 heavy (non-hydrogen) atoms. The van der Waals surface area contributed by atoms with Crippen molar-refractivity contribution in [3.63, 3.8) is 0 Å². The first-order valence-electron chi connectivity index (χ1n) is 10.6. The van der Waals surface area contributed by atoms with Crippen molar-refractivity contribution in [2.24, 2.45) is 0 Å². The Hall–Kier alpha value is -3.58. The number of methoxy groups -OCH3 is 1. The highest BCUT2D eigenvalue weighted by atomic mass is 35.5. The first-order valence-corrected chi connectivity index (χ1v) is 11.0. The van der Waals surface area contributed by atoms with Gasteiger partial charge in [0.05, 0.1) is 12.1 Å². The molecule has 0 fully saturated rings. The van der Waals surface area contributed by atoms with Crippen molar-refractivity contribution in [2.75, 3.05) is 14.2 Å². The molecular weight excluding hydrogens is 442 g/mol.